The second-order valence-corrected chi connectivity index (χ2v) is 6.06. The maximum Gasteiger partial charge on any atom is 0.231 e. The molecule has 0 aliphatic carbocycles. The molecule has 0 aliphatic heterocycles. The maximum atomic E-state index is 6.01. The van der Waals surface area contributed by atoms with Gasteiger partial charge in [0.1, 0.15) is 0 Å². The van der Waals surface area contributed by atoms with Crippen LogP contribution in [0.15, 0.2) is 33.7 Å². The van der Waals surface area contributed by atoms with Crippen molar-refractivity contribution in [2.24, 2.45) is 5.73 Å². The number of aryl methyl sites for hydroxylation is 1. The smallest absolute Gasteiger partial charge is 0.231 e. The standard InChI is InChI=1S/C15H21N3OS/c1-4-13(16)11(3)15-17-14(18-19-15)9-20-12-7-5-6-10(2)8-12/h5-8,11,13H,4,9,16H2,1-3H3. The van der Waals surface area contributed by atoms with Crippen molar-refractivity contribution >= 4 is 11.8 Å². The van der Waals surface area contributed by atoms with Gasteiger partial charge < -0.3 is 10.3 Å². The molecule has 1 heterocycles. The molecule has 0 fully saturated rings. The van der Waals surface area contributed by atoms with E-state index in [-0.39, 0.29) is 12.0 Å². The van der Waals surface area contributed by atoms with Crippen LogP contribution in [0.1, 0.15) is 43.5 Å². The number of hydrogen-bond donors (Lipinski definition) is 1. The summed E-state index contributed by atoms with van der Waals surface area (Å²) in [6.45, 7) is 6.18. The van der Waals surface area contributed by atoms with Crippen molar-refractivity contribution in [3.63, 3.8) is 0 Å². The van der Waals surface area contributed by atoms with Crippen LogP contribution in [0.3, 0.4) is 0 Å². The van der Waals surface area contributed by atoms with E-state index >= 15 is 0 Å². The first-order valence-corrected chi connectivity index (χ1v) is 7.86. The zero-order chi connectivity index (χ0) is 14.5. The Balaban J connectivity index is 1.96. The average molecular weight is 291 g/mol. The minimum Gasteiger partial charge on any atom is -0.339 e. The molecule has 1 aromatic heterocycles. The third-order valence-electron chi connectivity index (χ3n) is 3.34. The van der Waals surface area contributed by atoms with Crippen LogP contribution in [0.2, 0.25) is 0 Å². The Morgan fingerprint density at radius 2 is 2.20 bits per heavy atom. The lowest BCUT2D eigenvalue weighted by Crippen LogP contribution is -2.25. The molecule has 2 aromatic rings. The lowest BCUT2D eigenvalue weighted by Gasteiger charge is -2.13. The number of benzene rings is 1. The van der Waals surface area contributed by atoms with Crippen molar-refractivity contribution in [3.8, 4) is 0 Å². The molecule has 0 saturated heterocycles. The molecular weight excluding hydrogens is 270 g/mol. The van der Waals surface area contributed by atoms with E-state index in [9.17, 15) is 0 Å². The second kappa shape index (κ2) is 6.90. The Bertz CT molecular complexity index is 556. The minimum atomic E-state index is 0.0627. The van der Waals surface area contributed by atoms with Gasteiger partial charge >= 0.3 is 0 Å². The van der Waals surface area contributed by atoms with E-state index in [2.05, 4.69) is 48.3 Å². The van der Waals surface area contributed by atoms with Gasteiger partial charge in [0.05, 0.1) is 11.7 Å². The van der Waals surface area contributed by atoms with Crippen LogP contribution in [0.5, 0.6) is 0 Å². The Morgan fingerprint density at radius 1 is 1.40 bits per heavy atom. The number of rotatable bonds is 6. The first-order valence-electron chi connectivity index (χ1n) is 6.87. The number of aromatic nitrogens is 2. The van der Waals surface area contributed by atoms with Gasteiger partial charge in [0.25, 0.3) is 0 Å². The highest BCUT2D eigenvalue weighted by Crippen LogP contribution is 2.24. The topological polar surface area (TPSA) is 64.9 Å². The van der Waals surface area contributed by atoms with Gasteiger partial charge in [-0.2, -0.15) is 4.98 Å². The summed E-state index contributed by atoms with van der Waals surface area (Å²) in [7, 11) is 0. The molecule has 20 heavy (non-hydrogen) atoms. The fraction of sp³-hybridized carbons (Fsp3) is 0.467. The van der Waals surface area contributed by atoms with Crippen LogP contribution in [-0.4, -0.2) is 16.2 Å². The SMILES string of the molecule is CCC(N)C(C)c1nc(CSc2cccc(C)c2)no1. The van der Waals surface area contributed by atoms with Gasteiger partial charge in [0.2, 0.25) is 5.89 Å². The largest absolute Gasteiger partial charge is 0.339 e. The average Bonchev–Trinajstić information content (AvgIpc) is 2.92. The quantitative estimate of drug-likeness (QED) is 0.825. The molecule has 108 valence electrons. The fourth-order valence-corrected chi connectivity index (χ4v) is 2.76. The molecule has 0 radical (unpaired) electrons. The zero-order valence-corrected chi connectivity index (χ0v) is 13.0. The molecule has 2 atom stereocenters. The maximum absolute atomic E-state index is 6.01. The molecule has 0 spiro atoms. The van der Waals surface area contributed by atoms with E-state index in [0.717, 1.165) is 12.2 Å². The van der Waals surface area contributed by atoms with E-state index in [1.54, 1.807) is 11.8 Å². The van der Waals surface area contributed by atoms with E-state index < -0.39 is 0 Å². The number of hydrogen-bond acceptors (Lipinski definition) is 5. The van der Waals surface area contributed by atoms with Crippen LogP contribution in [0.25, 0.3) is 0 Å². The molecule has 4 nitrogen and oxygen atoms in total. The van der Waals surface area contributed by atoms with Crippen molar-refractivity contribution in [3.05, 3.63) is 41.5 Å². The normalized spacial score (nSPS) is 14.2. The Kier molecular flexibility index (Phi) is 5.20. The third-order valence-corrected chi connectivity index (χ3v) is 4.33. The van der Waals surface area contributed by atoms with E-state index in [4.69, 9.17) is 10.3 Å². The molecule has 2 unspecified atom stereocenters. The molecule has 0 saturated carbocycles. The van der Waals surface area contributed by atoms with Crippen molar-refractivity contribution in [1.29, 1.82) is 0 Å². The Labute approximate surface area is 124 Å². The van der Waals surface area contributed by atoms with E-state index in [1.807, 2.05) is 6.92 Å². The monoisotopic (exact) mass is 291 g/mol. The minimum absolute atomic E-state index is 0.0627. The predicted octanol–water partition coefficient (Wildman–Crippen LogP) is 3.51. The third kappa shape index (κ3) is 3.84. The predicted molar refractivity (Wildman–Crippen MR) is 81.7 cm³/mol. The number of thioether (sulfide) groups is 1. The molecule has 2 rings (SSSR count). The molecule has 5 heteroatoms. The van der Waals surface area contributed by atoms with Crippen LogP contribution in [-0.2, 0) is 5.75 Å². The van der Waals surface area contributed by atoms with Crippen molar-refractivity contribution in [2.45, 2.75) is 49.8 Å². The molecule has 0 aliphatic rings. The molecule has 0 bridgehead atoms. The number of nitrogens with two attached hydrogens (primary N) is 1. The summed E-state index contributed by atoms with van der Waals surface area (Å²) >= 11 is 1.71. The van der Waals surface area contributed by atoms with Gasteiger partial charge in [0.15, 0.2) is 5.82 Å². The Hall–Kier alpha value is -1.33. The van der Waals surface area contributed by atoms with Gasteiger partial charge in [-0.15, -0.1) is 11.8 Å². The highest BCUT2D eigenvalue weighted by molar-refractivity contribution is 7.98. The van der Waals surface area contributed by atoms with Crippen molar-refractivity contribution < 1.29 is 4.52 Å². The zero-order valence-electron chi connectivity index (χ0n) is 12.2. The summed E-state index contributed by atoms with van der Waals surface area (Å²) in [5.74, 6) is 2.17. The highest BCUT2D eigenvalue weighted by atomic mass is 32.2. The molecular formula is C15H21N3OS. The van der Waals surface area contributed by atoms with Crippen LogP contribution < -0.4 is 5.73 Å². The molecule has 1 aromatic carbocycles. The lowest BCUT2D eigenvalue weighted by molar-refractivity contribution is 0.337. The molecule has 0 amide bonds. The fourth-order valence-electron chi connectivity index (χ4n) is 1.90. The first-order chi connectivity index (χ1) is 9.60. The second-order valence-electron chi connectivity index (χ2n) is 5.01. The summed E-state index contributed by atoms with van der Waals surface area (Å²) in [5.41, 5.74) is 7.26. The lowest BCUT2D eigenvalue weighted by atomic mass is 10.0. The van der Waals surface area contributed by atoms with E-state index in [1.165, 1.54) is 10.5 Å². The van der Waals surface area contributed by atoms with Crippen LogP contribution in [0.4, 0.5) is 0 Å². The Morgan fingerprint density at radius 3 is 2.90 bits per heavy atom. The summed E-state index contributed by atoms with van der Waals surface area (Å²) in [4.78, 5) is 5.66. The van der Waals surface area contributed by atoms with Gasteiger partial charge in [0, 0.05) is 10.9 Å². The number of nitrogens with zero attached hydrogens (tertiary/aromatic N) is 2. The van der Waals surface area contributed by atoms with Crippen molar-refractivity contribution in [2.75, 3.05) is 0 Å². The van der Waals surface area contributed by atoms with Crippen LogP contribution in [0, 0.1) is 6.92 Å². The summed E-state index contributed by atoms with van der Waals surface area (Å²) < 4.78 is 5.31. The first kappa shape index (κ1) is 15.1. The summed E-state index contributed by atoms with van der Waals surface area (Å²) in [5, 5.41) is 4.03. The highest BCUT2D eigenvalue weighted by Gasteiger charge is 2.19. The van der Waals surface area contributed by atoms with Gasteiger partial charge in [-0.3, -0.25) is 0 Å². The van der Waals surface area contributed by atoms with Crippen molar-refractivity contribution in [1.82, 2.24) is 10.1 Å². The van der Waals surface area contributed by atoms with Gasteiger partial charge in [-0.25, -0.2) is 0 Å². The van der Waals surface area contributed by atoms with Gasteiger partial charge in [-0.1, -0.05) is 36.7 Å². The van der Waals surface area contributed by atoms with Gasteiger partial charge in [-0.05, 0) is 25.5 Å². The van der Waals surface area contributed by atoms with E-state index in [0.29, 0.717) is 11.6 Å². The van der Waals surface area contributed by atoms with Crippen LogP contribution >= 0.6 is 11.8 Å². The molecule has 2 N–H and O–H groups in total. The summed E-state index contributed by atoms with van der Waals surface area (Å²) in [6.07, 6.45) is 0.900. The summed E-state index contributed by atoms with van der Waals surface area (Å²) in [6, 6.07) is 8.45.